The Morgan fingerprint density at radius 1 is 1.00 bits per heavy atom. The van der Waals surface area contributed by atoms with Gasteiger partial charge in [0.25, 0.3) is 0 Å². The van der Waals surface area contributed by atoms with Gasteiger partial charge in [-0.25, -0.2) is 0 Å². The standard InChI is InChI=1S/C11H17.Ni/c1-3-5-7-9-11-10-8-6-4-2;/h1,3,5,7,9H,2,4,6,8,10-11H2;/q-1;/b5-3+,9-7-;. The number of hydrogen-bond donors (Lipinski definition) is 0. The molecule has 0 aromatic rings. The summed E-state index contributed by atoms with van der Waals surface area (Å²) >= 11 is 4.37. The van der Waals surface area contributed by atoms with Crippen LogP contribution < -0.4 is 0 Å². The molecule has 0 saturated heterocycles. The average molecular weight is 208 g/mol. The van der Waals surface area contributed by atoms with Gasteiger partial charge in [0.05, 0.1) is 0 Å². The van der Waals surface area contributed by atoms with E-state index >= 15 is 0 Å². The molecule has 0 aromatic heterocycles. The molecule has 0 fully saturated rings. The molecule has 0 bridgehead atoms. The van der Waals surface area contributed by atoms with Crippen molar-refractivity contribution in [2.24, 2.45) is 0 Å². The number of unbranched alkanes of at least 4 members (excludes halogenated alkanes) is 4. The molecule has 0 unspecified atom stereocenters. The summed E-state index contributed by atoms with van der Waals surface area (Å²) in [6, 6.07) is 0. The van der Waals surface area contributed by atoms with Crippen LogP contribution in [0.2, 0.25) is 0 Å². The van der Waals surface area contributed by atoms with Crippen molar-refractivity contribution in [3.8, 4) is 0 Å². The van der Waals surface area contributed by atoms with Gasteiger partial charge < -0.3 is 0 Å². The van der Waals surface area contributed by atoms with Gasteiger partial charge in [-0.2, -0.15) is 0 Å². The van der Waals surface area contributed by atoms with Crippen molar-refractivity contribution in [2.75, 3.05) is 0 Å². The van der Waals surface area contributed by atoms with Crippen LogP contribution in [-0.2, 0) is 15.0 Å². The van der Waals surface area contributed by atoms with Gasteiger partial charge in [0.2, 0.25) is 0 Å². The number of allylic oxidation sites excluding steroid dienone is 4. The third-order valence-electron chi connectivity index (χ3n) is 1.54. The van der Waals surface area contributed by atoms with Crippen LogP contribution in [0.3, 0.4) is 0 Å². The fraction of sp³-hybridized carbons (Fsp3) is 0.455. The Balaban J connectivity index is 3.13. The Morgan fingerprint density at radius 3 is 2.50 bits per heavy atom. The maximum absolute atomic E-state index is 4.37. The summed E-state index contributed by atoms with van der Waals surface area (Å²) in [7, 11) is 0. The molecule has 0 atom stereocenters. The van der Waals surface area contributed by atoms with Gasteiger partial charge in [0.1, 0.15) is 0 Å². The van der Waals surface area contributed by atoms with Gasteiger partial charge in [-0.1, -0.05) is 0 Å². The van der Waals surface area contributed by atoms with Gasteiger partial charge in [-0.3, -0.25) is 0 Å². The van der Waals surface area contributed by atoms with Gasteiger partial charge in [-0.15, -0.1) is 0 Å². The Hall–Kier alpha value is -0.156. The zero-order valence-electron chi connectivity index (χ0n) is 7.45. The molecule has 0 aromatic carbocycles. The molecule has 0 aliphatic rings. The van der Waals surface area contributed by atoms with E-state index in [-0.39, 0.29) is 0 Å². The van der Waals surface area contributed by atoms with Crippen LogP contribution in [0.15, 0.2) is 24.3 Å². The second-order valence-electron chi connectivity index (χ2n) is 2.62. The van der Waals surface area contributed by atoms with E-state index in [1.807, 2.05) is 12.2 Å². The van der Waals surface area contributed by atoms with Crippen LogP contribution in [0, 0.1) is 6.92 Å². The molecule has 1 heteroatoms. The van der Waals surface area contributed by atoms with Crippen molar-refractivity contribution in [1.82, 2.24) is 0 Å². The molecule has 0 heterocycles. The second-order valence-corrected chi connectivity index (χ2v) is 2.95. The Morgan fingerprint density at radius 2 is 1.83 bits per heavy atom. The quantitative estimate of drug-likeness (QED) is 0.260. The summed E-state index contributed by atoms with van der Waals surface area (Å²) < 4.78 is 0. The fourth-order valence-electron chi connectivity index (χ4n) is 0.890. The van der Waals surface area contributed by atoms with E-state index < -0.39 is 0 Å². The first-order valence-electron chi connectivity index (χ1n) is 4.42. The van der Waals surface area contributed by atoms with E-state index in [9.17, 15) is 0 Å². The molecule has 0 saturated carbocycles. The SMILES string of the molecule is [CH2-]CCCCC/C=C\C=C\[CH]=[Ni]. The van der Waals surface area contributed by atoms with E-state index in [2.05, 4.69) is 34.1 Å². The Kier molecular flexibility index (Phi) is 10.7. The molecule has 0 aliphatic carbocycles. The first-order chi connectivity index (χ1) is 5.91. The second kappa shape index (κ2) is 10.8. The predicted molar refractivity (Wildman–Crippen MR) is 52.8 cm³/mol. The first-order valence-corrected chi connectivity index (χ1v) is 4.99. The van der Waals surface area contributed by atoms with E-state index in [1.165, 1.54) is 25.7 Å². The van der Waals surface area contributed by atoms with Crippen LogP contribution >= 0.6 is 0 Å². The predicted octanol–water partition coefficient (Wildman–Crippen LogP) is 3.23. The Bertz CT molecular complexity index is 145. The molecule has 0 radical (unpaired) electrons. The van der Waals surface area contributed by atoms with E-state index in [0.29, 0.717) is 0 Å². The third kappa shape index (κ3) is 9.84. The normalized spacial score (nSPS) is 11.6. The molecule has 0 rings (SSSR count). The molecule has 0 amide bonds. The average Bonchev–Trinajstić information content (AvgIpc) is 2.10. The van der Waals surface area contributed by atoms with Gasteiger partial charge >= 0.3 is 83.4 Å². The number of hydrogen-bond acceptors (Lipinski definition) is 0. The molecule has 72 valence electrons. The number of rotatable bonds is 7. The van der Waals surface area contributed by atoms with E-state index in [1.54, 1.807) is 4.99 Å². The van der Waals surface area contributed by atoms with Crippen LogP contribution in [0.5, 0.6) is 0 Å². The summed E-state index contributed by atoms with van der Waals surface area (Å²) in [4.78, 5) is 1.66. The Labute approximate surface area is 83.7 Å². The van der Waals surface area contributed by atoms with Gasteiger partial charge in [-0.05, 0) is 0 Å². The summed E-state index contributed by atoms with van der Waals surface area (Å²) in [6.07, 6.45) is 14.2. The van der Waals surface area contributed by atoms with Crippen LogP contribution in [-0.4, -0.2) is 4.99 Å². The summed E-state index contributed by atoms with van der Waals surface area (Å²) in [5.74, 6) is 0. The van der Waals surface area contributed by atoms with Crippen molar-refractivity contribution < 1.29 is 15.0 Å². The van der Waals surface area contributed by atoms with Crippen LogP contribution in [0.4, 0.5) is 0 Å². The monoisotopic (exact) mass is 207 g/mol. The van der Waals surface area contributed by atoms with Crippen LogP contribution in [0.1, 0.15) is 32.1 Å². The zero-order chi connectivity index (χ0) is 9.07. The van der Waals surface area contributed by atoms with Crippen molar-refractivity contribution in [3.05, 3.63) is 31.2 Å². The maximum atomic E-state index is 4.37. The minimum absolute atomic E-state index is 1.07. The summed E-state index contributed by atoms with van der Waals surface area (Å²) in [5.41, 5.74) is 0. The minimum atomic E-state index is 1.07. The van der Waals surface area contributed by atoms with E-state index in [4.69, 9.17) is 0 Å². The zero-order valence-corrected chi connectivity index (χ0v) is 8.43. The van der Waals surface area contributed by atoms with Crippen molar-refractivity contribution >= 4 is 4.99 Å². The van der Waals surface area contributed by atoms with Crippen molar-refractivity contribution in [1.29, 1.82) is 0 Å². The molecule has 0 N–H and O–H groups in total. The molecule has 0 spiro atoms. The van der Waals surface area contributed by atoms with Crippen molar-refractivity contribution in [2.45, 2.75) is 32.1 Å². The van der Waals surface area contributed by atoms with Gasteiger partial charge in [0.15, 0.2) is 0 Å². The first kappa shape index (κ1) is 11.8. The third-order valence-corrected chi connectivity index (χ3v) is 1.73. The van der Waals surface area contributed by atoms with Crippen LogP contribution in [0.25, 0.3) is 0 Å². The summed E-state index contributed by atoms with van der Waals surface area (Å²) in [6.45, 7) is 3.80. The fourth-order valence-corrected chi connectivity index (χ4v) is 1.000. The molecular formula is C11H17Ni-. The van der Waals surface area contributed by atoms with Gasteiger partial charge in [0, 0.05) is 0 Å². The topological polar surface area (TPSA) is 0 Å². The van der Waals surface area contributed by atoms with E-state index in [0.717, 1.165) is 6.42 Å². The molecule has 0 aliphatic heterocycles. The molecule has 0 nitrogen and oxygen atoms in total. The summed E-state index contributed by atoms with van der Waals surface area (Å²) in [5, 5.41) is 0. The molecular weight excluding hydrogens is 191 g/mol. The van der Waals surface area contributed by atoms with Crippen molar-refractivity contribution in [3.63, 3.8) is 0 Å². The molecule has 12 heavy (non-hydrogen) atoms.